The lowest BCUT2D eigenvalue weighted by molar-refractivity contribution is 0.0696. The van der Waals surface area contributed by atoms with Crippen molar-refractivity contribution in [2.24, 2.45) is 0 Å². The number of aryl methyl sites for hydroxylation is 1. The summed E-state index contributed by atoms with van der Waals surface area (Å²) in [6.45, 7) is 2.00. The molecule has 3 heteroatoms. The van der Waals surface area contributed by atoms with Gasteiger partial charge < -0.3 is 5.11 Å². The zero-order valence-electron chi connectivity index (χ0n) is 11.0. The molecule has 0 aliphatic rings. The van der Waals surface area contributed by atoms with Crippen molar-refractivity contribution in [2.45, 2.75) is 6.92 Å². The van der Waals surface area contributed by atoms with Gasteiger partial charge in [0.15, 0.2) is 5.78 Å². The minimum atomic E-state index is -1.00. The molecule has 0 atom stereocenters. The lowest BCUT2D eigenvalue weighted by Gasteiger charge is -1.98. The number of hydrogen-bond acceptors (Lipinski definition) is 2. The van der Waals surface area contributed by atoms with Crippen LogP contribution in [0.5, 0.6) is 0 Å². The number of allylic oxidation sites excluding steroid dienone is 1. The van der Waals surface area contributed by atoms with E-state index >= 15 is 0 Å². The van der Waals surface area contributed by atoms with Crippen molar-refractivity contribution in [3.8, 4) is 0 Å². The third-order valence-electron chi connectivity index (χ3n) is 2.92. The number of ketones is 1. The van der Waals surface area contributed by atoms with Crippen LogP contribution in [0.25, 0.3) is 6.08 Å². The van der Waals surface area contributed by atoms with E-state index in [9.17, 15) is 9.59 Å². The molecule has 0 unspecified atom stereocenters. The van der Waals surface area contributed by atoms with Crippen molar-refractivity contribution in [1.29, 1.82) is 0 Å². The Labute approximate surface area is 117 Å². The number of carboxylic acids is 1. The first-order chi connectivity index (χ1) is 9.56. The Balaban J connectivity index is 2.11. The van der Waals surface area contributed by atoms with Gasteiger partial charge in [-0.05, 0) is 30.7 Å². The molecule has 0 aliphatic carbocycles. The van der Waals surface area contributed by atoms with Crippen molar-refractivity contribution < 1.29 is 14.7 Å². The molecule has 2 rings (SSSR count). The first-order valence-electron chi connectivity index (χ1n) is 6.19. The molecule has 3 nitrogen and oxygen atoms in total. The minimum absolute atomic E-state index is 0.150. The predicted octanol–water partition coefficient (Wildman–Crippen LogP) is 3.59. The maximum absolute atomic E-state index is 11.9. The highest BCUT2D eigenvalue weighted by Crippen LogP contribution is 2.09. The summed E-state index contributed by atoms with van der Waals surface area (Å²) in [6.07, 6.45) is 3.23. The average Bonchev–Trinajstić information content (AvgIpc) is 2.46. The summed E-state index contributed by atoms with van der Waals surface area (Å²) >= 11 is 0. The summed E-state index contributed by atoms with van der Waals surface area (Å²) < 4.78 is 0. The smallest absolute Gasteiger partial charge is 0.335 e. The quantitative estimate of drug-likeness (QED) is 0.679. The number of rotatable bonds is 4. The van der Waals surface area contributed by atoms with Gasteiger partial charge in [0.2, 0.25) is 0 Å². The molecule has 0 amide bonds. The van der Waals surface area contributed by atoms with Crippen LogP contribution < -0.4 is 0 Å². The second kappa shape index (κ2) is 5.97. The lowest BCUT2D eigenvalue weighted by Crippen LogP contribution is -1.98. The second-order valence-electron chi connectivity index (χ2n) is 4.49. The third kappa shape index (κ3) is 3.42. The van der Waals surface area contributed by atoms with E-state index in [1.54, 1.807) is 6.08 Å². The Morgan fingerprint density at radius 1 is 0.900 bits per heavy atom. The van der Waals surface area contributed by atoms with Gasteiger partial charge in [-0.25, -0.2) is 4.79 Å². The van der Waals surface area contributed by atoms with Gasteiger partial charge in [0.25, 0.3) is 0 Å². The van der Waals surface area contributed by atoms with Gasteiger partial charge in [0, 0.05) is 5.56 Å². The normalized spacial score (nSPS) is 10.7. The van der Waals surface area contributed by atoms with Gasteiger partial charge >= 0.3 is 5.97 Å². The van der Waals surface area contributed by atoms with E-state index < -0.39 is 5.97 Å². The standard InChI is InChI=1S/C17H14O3/c1-12-2-4-13(5-3-12)6-11-16(18)14-7-9-15(10-8-14)17(19)20/h2-11H,1H3,(H,19,20)/b11-6+. The largest absolute Gasteiger partial charge is 0.478 e. The molecule has 0 radical (unpaired) electrons. The van der Waals surface area contributed by atoms with Crippen molar-refractivity contribution in [3.63, 3.8) is 0 Å². The summed E-state index contributed by atoms with van der Waals surface area (Å²) in [5.41, 5.74) is 2.76. The lowest BCUT2D eigenvalue weighted by atomic mass is 10.1. The molecule has 100 valence electrons. The summed E-state index contributed by atoms with van der Waals surface area (Å²) in [5, 5.41) is 8.79. The molecule has 0 aromatic heterocycles. The number of aromatic carboxylic acids is 1. The molecule has 2 aromatic rings. The second-order valence-corrected chi connectivity index (χ2v) is 4.49. The Morgan fingerprint density at radius 3 is 2.00 bits per heavy atom. The van der Waals surface area contributed by atoms with Crippen LogP contribution in [-0.4, -0.2) is 16.9 Å². The Morgan fingerprint density at radius 2 is 1.45 bits per heavy atom. The fourth-order valence-corrected chi connectivity index (χ4v) is 1.72. The Kier molecular flexibility index (Phi) is 4.11. The van der Waals surface area contributed by atoms with Crippen LogP contribution in [0, 0.1) is 6.92 Å². The van der Waals surface area contributed by atoms with E-state index in [1.807, 2.05) is 31.2 Å². The fourth-order valence-electron chi connectivity index (χ4n) is 1.72. The summed E-state index contributed by atoms with van der Waals surface area (Å²) in [4.78, 5) is 22.7. The number of carbonyl (C=O) groups is 2. The van der Waals surface area contributed by atoms with Crippen molar-refractivity contribution in [3.05, 3.63) is 76.9 Å². The molecule has 0 spiro atoms. The Hall–Kier alpha value is -2.68. The minimum Gasteiger partial charge on any atom is -0.478 e. The van der Waals surface area contributed by atoms with Crippen LogP contribution in [0.3, 0.4) is 0 Å². The average molecular weight is 266 g/mol. The van der Waals surface area contributed by atoms with Crippen LogP contribution in [0.15, 0.2) is 54.6 Å². The van der Waals surface area contributed by atoms with Crippen LogP contribution in [0.4, 0.5) is 0 Å². The van der Waals surface area contributed by atoms with E-state index in [-0.39, 0.29) is 11.3 Å². The monoisotopic (exact) mass is 266 g/mol. The van der Waals surface area contributed by atoms with Crippen LogP contribution >= 0.6 is 0 Å². The summed E-state index contributed by atoms with van der Waals surface area (Å²) in [6, 6.07) is 13.7. The van der Waals surface area contributed by atoms with Crippen LogP contribution in [0.2, 0.25) is 0 Å². The highest BCUT2D eigenvalue weighted by molar-refractivity contribution is 6.07. The Bertz CT molecular complexity index is 650. The van der Waals surface area contributed by atoms with E-state index in [0.29, 0.717) is 5.56 Å². The van der Waals surface area contributed by atoms with Gasteiger partial charge in [0.1, 0.15) is 0 Å². The van der Waals surface area contributed by atoms with E-state index in [4.69, 9.17) is 5.11 Å². The zero-order chi connectivity index (χ0) is 14.5. The van der Waals surface area contributed by atoms with Crippen LogP contribution in [-0.2, 0) is 0 Å². The van der Waals surface area contributed by atoms with Gasteiger partial charge in [-0.2, -0.15) is 0 Å². The van der Waals surface area contributed by atoms with E-state index in [2.05, 4.69) is 0 Å². The molecule has 20 heavy (non-hydrogen) atoms. The summed E-state index contributed by atoms with van der Waals surface area (Å²) in [5.74, 6) is -1.15. The van der Waals surface area contributed by atoms with Crippen molar-refractivity contribution >= 4 is 17.8 Å². The third-order valence-corrected chi connectivity index (χ3v) is 2.92. The number of benzene rings is 2. The molecule has 0 saturated carbocycles. The van der Waals surface area contributed by atoms with Gasteiger partial charge in [0.05, 0.1) is 5.56 Å². The topological polar surface area (TPSA) is 54.4 Å². The number of carboxylic acid groups (broad SMARTS) is 1. The van der Waals surface area contributed by atoms with E-state index in [0.717, 1.165) is 11.1 Å². The predicted molar refractivity (Wildman–Crippen MR) is 77.9 cm³/mol. The summed E-state index contributed by atoms with van der Waals surface area (Å²) in [7, 11) is 0. The first-order valence-corrected chi connectivity index (χ1v) is 6.19. The van der Waals surface area contributed by atoms with Gasteiger partial charge in [-0.15, -0.1) is 0 Å². The highest BCUT2D eigenvalue weighted by Gasteiger charge is 2.05. The molecular weight excluding hydrogens is 252 g/mol. The molecule has 1 N–H and O–H groups in total. The number of carbonyl (C=O) groups excluding carboxylic acids is 1. The fraction of sp³-hybridized carbons (Fsp3) is 0.0588. The molecular formula is C17H14O3. The first kappa shape index (κ1) is 13.7. The van der Waals surface area contributed by atoms with Gasteiger partial charge in [-0.1, -0.05) is 48.0 Å². The molecule has 0 heterocycles. The molecule has 2 aromatic carbocycles. The maximum Gasteiger partial charge on any atom is 0.335 e. The zero-order valence-corrected chi connectivity index (χ0v) is 11.0. The van der Waals surface area contributed by atoms with Crippen molar-refractivity contribution in [1.82, 2.24) is 0 Å². The maximum atomic E-state index is 11.9. The van der Waals surface area contributed by atoms with Crippen molar-refractivity contribution in [2.75, 3.05) is 0 Å². The number of hydrogen-bond donors (Lipinski definition) is 1. The SMILES string of the molecule is Cc1ccc(/C=C/C(=O)c2ccc(C(=O)O)cc2)cc1. The van der Waals surface area contributed by atoms with Crippen LogP contribution in [0.1, 0.15) is 31.8 Å². The molecule has 0 aliphatic heterocycles. The molecule has 0 saturated heterocycles. The molecule has 0 bridgehead atoms. The molecule has 0 fully saturated rings. The van der Waals surface area contributed by atoms with E-state index in [1.165, 1.54) is 30.3 Å². The highest BCUT2D eigenvalue weighted by atomic mass is 16.4. The van der Waals surface area contributed by atoms with Gasteiger partial charge in [-0.3, -0.25) is 4.79 Å².